The molecule has 2 heterocycles. The summed E-state index contributed by atoms with van der Waals surface area (Å²) >= 11 is 1.69. The van der Waals surface area contributed by atoms with Gasteiger partial charge in [0.25, 0.3) is 0 Å². The number of piperazine rings is 1. The van der Waals surface area contributed by atoms with E-state index in [2.05, 4.69) is 34.4 Å². The molecule has 0 saturated carbocycles. The number of amides is 1. The van der Waals surface area contributed by atoms with Gasteiger partial charge in [0.2, 0.25) is 0 Å². The summed E-state index contributed by atoms with van der Waals surface area (Å²) in [5.74, 6) is 0.882. The van der Waals surface area contributed by atoms with Crippen molar-refractivity contribution < 1.29 is 9.53 Å². The van der Waals surface area contributed by atoms with Gasteiger partial charge >= 0.3 is 6.09 Å². The van der Waals surface area contributed by atoms with Gasteiger partial charge in [-0.1, -0.05) is 6.92 Å². The van der Waals surface area contributed by atoms with Gasteiger partial charge in [-0.05, 0) is 20.3 Å². The predicted molar refractivity (Wildman–Crippen MR) is 96.5 cm³/mol. The van der Waals surface area contributed by atoms with E-state index < -0.39 is 0 Å². The molecule has 1 saturated heterocycles. The van der Waals surface area contributed by atoms with E-state index in [9.17, 15) is 4.79 Å². The second kappa shape index (κ2) is 9.46. The molecule has 0 unspecified atom stereocenters. The summed E-state index contributed by atoms with van der Waals surface area (Å²) in [6, 6.07) is 0. The van der Waals surface area contributed by atoms with E-state index >= 15 is 0 Å². The number of carbonyl (C=O) groups excluding carboxylic acids is 1. The van der Waals surface area contributed by atoms with Gasteiger partial charge < -0.3 is 19.9 Å². The minimum atomic E-state index is -0.228. The third-order valence-corrected chi connectivity index (χ3v) is 4.77. The Hall–Kier alpha value is -1.83. The Morgan fingerprint density at radius 3 is 2.58 bits per heavy atom. The van der Waals surface area contributed by atoms with Gasteiger partial charge in [0, 0.05) is 38.1 Å². The molecule has 0 aliphatic carbocycles. The van der Waals surface area contributed by atoms with Crippen LogP contribution in [-0.4, -0.2) is 66.2 Å². The van der Waals surface area contributed by atoms with Gasteiger partial charge in [-0.2, -0.15) is 0 Å². The van der Waals surface area contributed by atoms with E-state index in [4.69, 9.17) is 9.73 Å². The third kappa shape index (κ3) is 5.09. The van der Waals surface area contributed by atoms with Crippen LogP contribution in [0.2, 0.25) is 0 Å². The van der Waals surface area contributed by atoms with E-state index in [1.165, 1.54) is 0 Å². The van der Waals surface area contributed by atoms with Crippen LogP contribution < -0.4 is 5.32 Å². The minimum absolute atomic E-state index is 0.228. The molecule has 0 atom stereocenters. The number of thiazole rings is 1. The Labute approximate surface area is 147 Å². The number of aryl methyl sites for hydroxylation is 1. The largest absolute Gasteiger partial charge is 0.450 e. The molecule has 1 aliphatic rings. The number of guanidine groups is 1. The molecule has 8 heteroatoms. The molecule has 2 rings (SSSR count). The molecule has 1 fully saturated rings. The Morgan fingerprint density at radius 2 is 2.00 bits per heavy atom. The molecule has 24 heavy (non-hydrogen) atoms. The van der Waals surface area contributed by atoms with E-state index in [-0.39, 0.29) is 6.09 Å². The molecule has 0 radical (unpaired) electrons. The lowest BCUT2D eigenvalue weighted by Gasteiger charge is -2.35. The van der Waals surface area contributed by atoms with Crippen LogP contribution in [0.1, 0.15) is 31.5 Å². The summed E-state index contributed by atoms with van der Waals surface area (Å²) in [5.41, 5.74) is 1.01. The highest BCUT2D eigenvalue weighted by Gasteiger charge is 2.23. The zero-order chi connectivity index (χ0) is 17.4. The van der Waals surface area contributed by atoms with Crippen molar-refractivity contribution in [1.82, 2.24) is 20.1 Å². The molecule has 7 nitrogen and oxygen atoms in total. The van der Waals surface area contributed by atoms with Crippen LogP contribution >= 0.6 is 11.3 Å². The van der Waals surface area contributed by atoms with Crippen LogP contribution in [0.25, 0.3) is 0 Å². The summed E-state index contributed by atoms with van der Waals surface area (Å²) in [4.78, 5) is 25.0. The summed E-state index contributed by atoms with van der Waals surface area (Å²) in [6.07, 6.45) is 0.734. The quantitative estimate of drug-likeness (QED) is 0.647. The molecule has 0 spiro atoms. The van der Waals surface area contributed by atoms with Gasteiger partial charge in [-0.25, -0.2) is 14.8 Å². The van der Waals surface area contributed by atoms with Gasteiger partial charge in [-0.3, -0.25) is 0 Å². The van der Waals surface area contributed by atoms with E-state index in [1.54, 1.807) is 16.2 Å². The van der Waals surface area contributed by atoms with Crippen molar-refractivity contribution in [3.05, 3.63) is 16.1 Å². The number of hydrogen-bond acceptors (Lipinski definition) is 5. The van der Waals surface area contributed by atoms with Gasteiger partial charge in [-0.15, -0.1) is 11.3 Å². The standard InChI is InChI=1S/C16H27N5O2S/c1-4-14-19-13(12-24-14)11-18-15(17-5-2)20-7-9-21(10-8-20)16(22)23-6-3/h12H,4-11H2,1-3H3,(H,17,18). The average molecular weight is 353 g/mol. The SMILES string of the molecule is CCNC(=NCc1csc(CC)n1)N1CCN(C(=O)OCC)CC1. The number of hydrogen-bond donors (Lipinski definition) is 1. The van der Waals surface area contributed by atoms with E-state index in [0.29, 0.717) is 26.2 Å². The summed E-state index contributed by atoms with van der Waals surface area (Å²) in [7, 11) is 0. The number of aliphatic imine (C=N–C) groups is 1. The third-order valence-electron chi connectivity index (χ3n) is 3.73. The molecule has 1 N–H and O–H groups in total. The zero-order valence-electron chi connectivity index (χ0n) is 14.7. The summed E-state index contributed by atoms with van der Waals surface area (Å²) in [6.45, 7) is 10.6. The fraction of sp³-hybridized carbons (Fsp3) is 0.688. The number of nitrogens with zero attached hydrogens (tertiary/aromatic N) is 4. The lowest BCUT2D eigenvalue weighted by molar-refractivity contribution is 0.0914. The van der Waals surface area contributed by atoms with Crippen molar-refractivity contribution in [1.29, 1.82) is 0 Å². The number of ether oxygens (including phenoxy) is 1. The fourth-order valence-electron chi connectivity index (χ4n) is 2.48. The summed E-state index contributed by atoms with van der Waals surface area (Å²) < 4.78 is 5.06. The van der Waals surface area contributed by atoms with Crippen LogP contribution in [0.15, 0.2) is 10.4 Å². The first-order chi connectivity index (χ1) is 11.7. The minimum Gasteiger partial charge on any atom is -0.450 e. The Bertz CT molecular complexity index is 552. The van der Waals surface area contributed by atoms with Crippen molar-refractivity contribution in [3.63, 3.8) is 0 Å². The molecule has 0 aromatic carbocycles. The average Bonchev–Trinajstić information content (AvgIpc) is 3.07. The molecular formula is C16H27N5O2S. The monoisotopic (exact) mass is 353 g/mol. The van der Waals surface area contributed by atoms with Crippen molar-refractivity contribution in [2.45, 2.75) is 33.7 Å². The number of aromatic nitrogens is 1. The maximum Gasteiger partial charge on any atom is 0.409 e. The molecule has 0 bridgehead atoms. The lowest BCUT2D eigenvalue weighted by Crippen LogP contribution is -2.53. The number of rotatable bonds is 5. The zero-order valence-corrected chi connectivity index (χ0v) is 15.6. The van der Waals surface area contributed by atoms with Crippen LogP contribution in [-0.2, 0) is 17.7 Å². The highest BCUT2D eigenvalue weighted by atomic mass is 32.1. The lowest BCUT2D eigenvalue weighted by atomic mass is 10.3. The Kier molecular flexibility index (Phi) is 7.30. The van der Waals surface area contributed by atoms with Crippen LogP contribution in [0.3, 0.4) is 0 Å². The smallest absolute Gasteiger partial charge is 0.409 e. The van der Waals surface area contributed by atoms with Crippen LogP contribution in [0.5, 0.6) is 0 Å². The van der Waals surface area contributed by atoms with Crippen LogP contribution in [0, 0.1) is 0 Å². The van der Waals surface area contributed by atoms with E-state index in [0.717, 1.165) is 42.7 Å². The first-order valence-electron chi connectivity index (χ1n) is 8.56. The first-order valence-corrected chi connectivity index (χ1v) is 9.44. The molecule has 134 valence electrons. The summed E-state index contributed by atoms with van der Waals surface area (Å²) in [5, 5.41) is 6.55. The Balaban J connectivity index is 1.93. The van der Waals surface area contributed by atoms with E-state index in [1.807, 2.05) is 6.92 Å². The maximum absolute atomic E-state index is 11.8. The molecule has 1 amide bonds. The van der Waals surface area contributed by atoms with Crippen molar-refractivity contribution >= 4 is 23.4 Å². The molecule has 1 aliphatic heterocycles. The normalized spacial score (nSPS) is 15.5. The van der Waals surface area contributed by atoms with Gasteiger partial charge in [0.05, 0.1) is 23.9 Å². The Morgan fingerprint density at radius 1 is 1.29 bits per heavy atom. The van der Waals surface area contributed by atoms with Crippen molar-refractivity contribution in [3.8, 4) is 0 Å². The predicted octanol–water partition coefficient (Wildman–Crippen LogP) is 1.95. The topological polar surface area (TPSA) is 70.1 Å². The molecule has 1 aromatic rings. The first kappa shape index (κ1) is 18.5. The second-order valence-electron chi connectivity index (χ2n) is 5.43. The second-order valence-corrected chi connectivity index (χ2v) is 6.37. The number of carbonyl (C=O) groups is 1. The number of nitrogens with one attached hydrogen (secondary N) is 1. The van der Waals surface area contributed by atoms with Gasteiger partial charge in [0.1, 0.15) is 0 Å². The molecular weight excluding hydrogens is 326 g/mol. The maximum atomic E-state index is 11.8. The highest BCUT2D eigenvalue weighted by Crippen LogP contribution is 2.11. The van der Waals surface area contributed by atoms with Gasteiger partial charge in [0.15, 0.2) is 5.96 Å². The van der Waals surface area contributed by atoms with Crippen LogP contribution in [0.4, 0.5) is 4.79 Å². The van der Waals surface area contributed by atoms with Crippen molar-refractivity contribution in [2.24, 2.45) is 4.99 Å². The van der Waals surface area contributed by atoms with Crippen molar-refractivity contribution in [2.75, 3.05) is 39.3 Å². The highest BCUT2D eigenvalue weighted by molar-refractivity contribution is 7.09. The molecule has 1 aromatic heterocycles. The fourth-order valence-corrected chi connectivity index (χ4v) is 3.22.